The van der Waals surface area contributed by atoms with Crippen LogP contribution >= 0.6 is 0 Å². The molecule has 1 aromatic carbocycles. The van der Waals surface area contributed by atoms with Gasteiger partial charge in [-0.15, -0.1) is 0 Å². The molecule has 0 bridgehead atoms. The number of aliphatic hydroxyl groups excluding tert-OH is 1. The van der Waals surface area contributed by atoms with E-state index in [9.17, 15) is 13.6 Å². The van der Waals surface area contributed by atoms with Crippen LogP contribution in [0.15, 0.2) is 36.7 Å². The molecular formula is C21H24F2N4O3. The van der Waals surface area contributed by atoms with E-state index in [4.69, 9.17) is 9.84 Å². The van der Waals surface area contributed by atoms with Crippen LogP contribution in [0.5, 0.6) is 5.75 Å². The van der Waals surface area contributed by atoms with Gasteiger partial charge in [0, 0.05) is 25.5 Å². The number of hydrogen-bond donors (Lipinski definition) is 2. The molecule has 2 N–H and O–H groups in total. The van der Waals surface area contributed by atoms with Gasteiger partial charge in [-0.2, -0.15) is 5.10 Å². The summed E-state index contributed by atoms with van der Waals surface area (Å²) in [5, 5.41) is 16.8. The minimum Gasteiger partial charge on any atom is -0.487 e. The average Bonchev–Trinajstić information content (AvgIpc) is 3.16. The molecule has 7 nitrogen and oxygen atoms in total. The summed E-state index contributed by atoms with van der Waals surface area (Å²) < 4.78 is 31.6. The Morgan fingerprint density at radius 3 is 2.83 bits per heavy atom. The Bertz CT molecular complexity index is 1020. The second kappa shape index (κ2) is 9.62. The fourth-order valence-corrected chi connectivity index (χ4v) is 3.11. The van der Waals surface area contributed by atoms with Crippen molar-refractivity contribution in [2.75, 3.05) is 19.8 Å². The molecule has 1 amide bonds. The van der Waals surface area contributed by atoms with Gasteiger partial charge in [0.05, 0.1) is 16.9 Å². The second-order valence-electron chi connectivity index (χ2n) is 6.94. The van der Waals surface area contributed by atoms with Crippen LogP contribution in [0.1, 0.15) is 41.0 Å². The molecule has 2 aromatic heterocycles. The van der Waals surface area contributed by atoms with E-state index in [0.717, 1.165) is 11.1 Å². The number of carbonyl (C=O) groups excluding carboxylic acids is 1. The van der Waals surface area contributed by atoms with Crippen molar-refractivity contribution >= 4 is 16.8 Å². The fraction of sp³-hybridized carbons (Fsp3) is 0.381. The summed E-state index contributed by atoms with van der Waals surface area (Å²) in [4.78, 5) is 16.6. The van der Waals surface area contributed by atoms with Gasteiger partial charge in [-0.1, -0.05) is 12.1 Å². The predicted octanol–water partition coefficient (Wildman–Crippen LogP) is 3.11. The monoisotopic (exact) mass is 418 g/mol. The number of aryl methyl sites for hydroxylation is 1. The van der Waals surface area contributed by atoms with Gasteiger partial charge >= 0.3 is 0 Å². The summed E-state index contributed by atoms with van der Waals surface area (Å²) in [5.74, 6) is 0.0977. The normalized spacial score (nSPS) is 12.3. The first-order valence-electron chi connectivity index (χ1n) is 9.65. The third kappa shape index (κ3) is 4.91. The third-order valence-corrected chi connectivity index (χ3v) is 4.73. The number of amides is 1. The zero-order valence-corrected chi connectivity index (χ0v) is 16.8. The number of pyridine rings is 1. The molecule has 160 valence electrons. The second-order valence-corrected chi connectivity index (χ2v) is 6.94. The number of ether oxygens (including phenoxy) is 1. The third-order valence-electron chi connectivity index (χ3n) is 4.73. The lowest BCUT2D eigenvalue weighted by Gasteiger charge is -2.15. The number of aliphatic hydroxyl groups is 1. The lowest BCUT2D eigenvalue weighted by molar-refractivity contribution is 0.0815. The number of fused-ring (bicyclic) bond motifs is 1. The molecule has 0 aliphatic rings. The molecule has 9 heteroatoms. The Balaban J connectivity index is 1.83. The number of benzene rings is 1. The summed E-state index contributed by atoms with van der Waals surface area (Å²) in [7, 11) is 0. The zero-order chi connectivity index (χ0) is 21.7. The van der Waals surface area contributed by atoms with Gasteiger partial charge in [0.2, 0.25) is 0 Å². The van der Waals surface area contributed by atoms with Gasteiger partial charge in [0.1, 0.15) is 18.1 Å². The highest BCUT2D eigenvalue weighted by Gasteiger charge is 2.17. The number of halogens is 2. The van der Waals surface area contributed by atoms with E-state index in [0.29, 0.717) is 29.6 Å². The van der Waals surface area contributed by atoms with E-state index in [1.165, 1.54) is 6.20 Å². The Hall–Kier alpha value is -3.07. The highest BCUT2D eigenvalue weighted by Crippen LogP contribution is 2.26. The van der Waals surface area contributed by atoms with Gasteiger partial charge < -0.3 is 15.2 Å². The van der Waals surface area contributed by atoms with Crippen LogP contribution in [0, 0.1) is 6.92 Å². The van der Waals surface area contributed by atoms with Gasteiger partial charge in [-0.3, -0.25) is 14.5 Å². The number of rotatable bonds is 9. The highest BCUT2D eigenvalue weighted by atomic mass is 19.3. The lowest BCUT2D eigenvalue weighted by atomic mass is 10.1. The molecule has 0 aliphatic heterocycles. The predicted molar refractivity (Wildman–Crippen MR) is 108 cm³/mol. The topological polar surface area (TPSA) is 89.3 Å². The van der Waals surface area contributed by atoms with Gasteiger partial charge in [0.25, 0.3) is 12.3 Å². The highest BCUT2D eigenvalue weighted by molar-refractivity contribution is 6.04. The minimum atomic E-state index is -2.52. The van der Waals surface area contributed by atoms with Crippen molar-refractivity contribution in [1.82, 2.24) is 20.1 Å². The summed E-state index contributed by atoms with van der Waals surface area (Å²) in [6.45, 7) is 3.47. The molecule has 0 saturated carbocycles. The summed E-state index contributed by atoms with van der Waals surface area (Å²) in [5.41, 5.74) is 2.59. The van der Waals surface area contributed by atoms with Crippen molar-refractivity contribution in [3.05, 3.63) is 53.5 Å². The van der Waals surface area contributed by atoms with Crippen LogP contribution < -0.4 is 10.1 Å². The Morgan fingerprint density at radius 2 is 2.13 bits per heavy atom. The van der Waals surface area contributed by atoms with Crippen molar-refractivity contribution < 1.29 is 23.4 Å². The van der Waals surface area contributed by atoms with Gasteiger partial charge in [-0.05, 0) is 43.5 Å². The molecule has 0 radical (unpaired) electrons. The first-order chi connectivity index (χ1) is 14.4. The van der Waals surface area contributed by atoms with Crippen molar-refractivity contribution in [1.29, 1.82) is 0 Å². The van der Waals surface area contributed by atoms with Crippen molar-refractivity contribution in [2.24, 2.45) is 0 Å². The molecule has 1 unspecified atom stereocenters. The summed E-state index contributed by atoms with van der Waals surface area (Å²) in [6, 6.07) is 6.93. The number of hydrogen-bond acceptors (Lipinski definition) is 5. The van der Waals surface area contributed by atoms with E-state index >= 15 is 0 Å². The maximum absolute atomic E-state index is 12.4. The fourth-order valence-electron chi connectivity index (χ4n) is 3.11. The maximum atomic E-state index is 12.4. The van der Waals surface area contributed by atoms with E-state index in [-0.39, 0.29) is 24.2 Å². The Kier molecular flexibility index (Phi) is 6.94. The van der Waals surface area contributed by atoms with E-state index in [1.807, 2.05) is 19.1 Å². The van der Waals surface area contributed by atoms with Crippen molar-refractivity contribution in [2.45, 2.75) is 32.7 Å². The van der Waals surface area contributed by atoms with E-state index in [2.05, 4.69) is 15.4 Å². The molecular weight excluding hydrogens is 394 g/mol. The van der Waals surface area contributed by atoms with Crippen LogP contribution in [0.3, 0.4) is 0 Å². The summed E-state index contributed by atoms with van der Waals surface area (Å²) in [6.07, 6.45) is 1.24. The van der Waals surface area contributed by atoms with Crippen LogP contribution in [-0.4, -0.2) is 52.0 Å². The minimum absolute atomic E-state index is 0.00125. The van der Waals surface area contributed by atoms with Crippen LogP contribution in [0.2, 0.25) is 0 Å². The molecule has 30 heavy (non-hydrogen) atoms. The molecule has 3 aromatic rings. The maximum Gasteiger partial charge on any atom is 0.272 e. The van der Waals surface area contributed by atoms with Crippen LogP contribution in [0.4, 0.5) is 8.78 Å². The number of nitrogens with zero attached hydrogens (tertiary/aromatic N) is 3. The van der Waals surface area contributed by atoms with E-state index < -0.39 is 13.0 Å². The number of nitrogens with one attached hydrogen (secondary N) is 1. The Morgan fingerprint density at radius 1 is 1.33 bits per heavy atom. The summed E-state index contributed by atoms with van der Waals surface area (Å²) >= 11 is 0. The molecule has 2 heterocycles. The van der Waals surface area contributed by atoms with Crippen LogP contribution in [0.25, 0.3) is 10.9 Å². The molecule has 0 fully saturated rings. The lowest BCUT2D eigenvalue weighted by Crippen LogP contribution is -2.26. The quantitative estimate of drug-likeness (QED) is 0.521. The smallest absolute Gasteiger partial charge is 0.272 e. The Labute approximate surface area is 172 Å². The molecule has 3 rings (SSSR count). The first kappa shape index (κ1) is 21.6. The molecule has 0 spiro atoms. The van der Waals surface area contributed by atoms with Crippen LogP contribution in [-0.2, 0) is 0 Å². The SMILES string of the molecule is Cc1cc(C(C)n2cc3c(C(=O)NCCCO)nccc3n2)ccc1OCC(F)F. The van der Waals surface area contributed by atoms with E-state index in [1.54, 1.807) is 29.9 Å². The first-order valence-corrected chi connectivity index (χ1v) is 9.65. The van der Waals surface area contributed by atoms with Gasteiger partial charge in [-0.25, -0.2) is 8.78 Å². The average molecular weight is 418 g/mol. The molecule has 1 atom stereocenters. The van der Waals surface area contributed by atoms with Gasteiger partial charge in [0.15, 0.2) is 0 Å². The zero-order valence-electron chi connectivity index (χ0n) is 16.8. The van der Waals surface area contributed by atoms with Crippen molar-refractivity contribution in [3.63, 3.8) is 0 Å². The molecule has 0 aliphatic carbocycles. The van der Waals surface area contributed by atoms with Crippen molar-refractivity contribution in [3.8, 4) is 5.75 Å². The molecule has 0 saturated heterocycles. The number of carbonyl (C=O) groups is 1. The number of alkyl halides is 2. The largest absolute Gasteiger partial charge is 0.487 e. The number of aromatic nitrogens is 3. The standard InChI is InChI=1S/C21H24F2N4O3/c1-13-10-15(4-5-18(13)30-12-19(22)23)14(2)27-11-16-17(26-27)6-8-24-20(16)21(29)25-7-3-9-28/h4-6,8,10-11,14,19,28H,3,7,9,12H2,1-2H3,(H,25,29).